The first-order valence-corrected chi connectivity index (χ1v) is 8.75. The maximum absolute atomic E-state index is 12.4. The van der Waals surface area contributed by atoms with Crippen molar-refractivity contribution in [2.75, 3.05) is 13.2 Å². The predicted molar refractivity (Wildman–Crippen MR) is 100 cm³/mol. The average Bonchev–Trinajstić information content (AvgIpc) is 3.43. The van der Waals surface area contributed by atoms with Crippen molar-refractivity contribution >= 4 is 11.9 Å². The van der Waals surface area contributed by atoms with Crippen molar-refractivity contribution in [1.82, 2.24) is 9.47 Å². The Morgan fingerprint density at radius 2 is 1.86 bits per heavy atom. The van der Waals surface area contributed by atoms with Crippen LogP contribution in [-0.2, 0) is 16.1 Å². The van der Waals surface area contributed by atoms with Crippen LogP contribution in [0.4, 0.5) is 0 Å². The summed E-state index contributed by atoms with van der Waals surface area (Å²) >= 11 is 0. The minimum atomic E-state index is -0.578. The molecule has 0 unspecified atom stereocenters. The summed E-state index contributed by atoms with van der Waals surface area (Å²) in [5.74, 6) is -0.368. The van der Waals surface area contributed by atoms with Crippen LogP contribution in [0.25, 0.3) is 5.69 Å². The molecule has 0 saturated carbocycles. The number of furan rings is 1. The number of carbonyl (C=O) groups excluding carboxylic acids is 2. The van der Waals surface area contributed by atoms with Crippen LogP contribution in [0.5, 0.6) is 0 Å². The van der Waals surface area contributed by atoms with Crippen LogP contribution in [-0.4, -0.2) is 34.5 Å². The molecular weight excluding hydrogens is 358 g/mol. The van der Waals surface area contributed by atoms with Gasteiger partial charge in [0.2, 0.25) is 0 Å². The van der Waals surface area contributed by atoms with Crippen LogP contribution in [0.1, 0.15) is 22.5 Å². The Hall–Kier alpha value is -3.79. The second-order valence-electron chi connectivity index (χ2n) is 6.02. The molecule has 7 heteroatoms. The molecule has 3 aromatic rings. The van der Waals surface area contributed by atoms with E-state index in [4.69, 9.17) is 14.4 Å². The number of nitrogens with zero attached hydrogens (tertiary/aromatic N) is 3. The predicted octanol–water partition coefficient (Wildman–Crippen LogP) is 3.17. The van der Waals surface area contributed by atoms with Gasteiger partial charge in [0.25, 0.3) is 5.91 Å². The fraction of sp³-hybridized carbons (Fsp3) is 0.190. The normalized spacial score (nSPS) is 10.2. The van der Waals surface area contributed by atoms with Gasteiger partial charge in [-0.15, -0.1) is 0 Å². The Bertz CT molecular complexity index is 939. The van der Waals surface area contributed by atoms with Gasteiger partial charge < -0.3 is 18.6 Å². The Labute approximate surface area is 162 Å². The fourth-order valence-corrected chi connectivity index (χ4v) is 2.65. The Morgan fingerprint density at radius 1 is 1.11 bits per heavy atom. The largest absolute Gasteiger partial charge is 0.467 e. The monoisotopic (exact) mass is 377 g/mol. The SMILES string of the molecule is N#CCCN(Cc1ccco1)C(=O)COC(=O)c1ccc(-n2cccc2)cc1. The molecule has 0 fully saturated rings. The smallest absolute Gasteiger partial charge is 0.338 e. The summed E-state index contributed by atoms with van der Waals surface area (Å²) in [7, 11) is 0. The maximum Gasteiger partial charge on any atom is 0.338 e. The van der Waals surface area contributed by atoms with Gasteiger partial charge in [-0.1, -0.05) is 0 Å². The molecule has 2 heterocycles. The van der Waals surface area contributed by atoms with E-state index in [0.717, 1.165) is 5.69 Å². The van der Waals surface area contributed by atoms with E-state index >= 15 is 0 Å². The maximum atomic E-state index is 12.4. The quantitative estimate of drug-likeness (QED) is 0.563. The Kier molecular flexibility index (Phi) is 6.26. The highest BCUT2D eigenvalue weighted by Gasteiger charge is 2.18. The number of esters is 1. The van der Waals surface area contributed by atoms with Gasteiger partial charge in [-0.3, -0.25) is 4.79 Å². The molecule has 0 aliphatic carbocycles. The van der Waals surface area contributed by atoms with Crippen molar-refractivity contribution in [3.8, 4) is 11.8 Å². The van der Waals surface area contributed by atoms with Gasteiger partial charge >= 0.3 is 5.97 Å². The van der Waals surface area contributed by atoms with Gasteiger partial charge in [0, 0.05) is 24.6 Å². The van der Waals surface area contributed by atoms with Crippen molar-refractivity contribution in [2.45, 2.75) is 13.0 Å². The molecule has 7 nitrogen and oxygen atoms in total. The molecule has 0 radical (unpaired) electrons. The van der Waals surface area contributed by atoms with E-state index in [1.165, 1.54) is 11.2 Å². The third kappa shape index (κ3) is 4.89. The number of rotatable bonds is 8. The zero-order valence-electron chi connectivity index (χ0n) is 15.2. The lowest BCUT2D eigenvalue weighted by Crippen LogP contribution is -2.34. The lowest BCUT2D eigenvalue weighted by Gasteiger charge is -2.20. The van der Waals surface area contributed by atoms with Crippen molar-refractivity contribution in [3.05, 3.63) is 78.5 Å². The van der Waals surface area contributed by atoms with Gasteiger partial charge in [0.05, 0.1) is 30.9 Å². The first-order valence-electron chi connectivity index (χ1n) is 8.75. The first kappa shape index (κ1) is 19.0. The molecule has 3 rings (SSSR count). The van der Waals surface area contributed by atoms with Gasteiger partial charge in [-0.25, -0.2) is 4.79 Å². The van der Waals surface area contributed by atoms with Gasteiger partial charge in [0.1, 0.15) is 5.76 Å². The topological polar surface area (TPSA) is 88.5 Å². The minimum absolute atomic E-state index is 0.182. The highest BCUT2D eigenvalue weighted by molar-refractivity contribution is 5.91. The molecule has 2 aromatic heterocycles. The average molecular weight is 377 g/mol. The lowest BCUT2D eigenvalue weighted by molar-refractivity contribution is -0.135. The molecule has 1 aromatic carbocycles. The summed E-state index contributed by atoms with van der Waals surface area (Å²) in [6.45, 7) is 0.0557. The van der Waals surface area contributed by atoms with Gasteiger partial charge in [0.15, 0.2) is 6.61 Å². The highest BCUT2D eigenvalue weighted by Crippen LogP contribution is 2.12. The van der Waals surface area contributed by atoms with Crippen LogP contribution >= 0.6 is 0 Å². The van der Waals surface area contributed by atoms with E-state index < -0.39 is 12.6 Å². The summed E-state index contributed by atoms with van der Waals surface area (Å²) in [4.78, 5) is 26.1. The molecule has 0 spiro atoms. The lowest BCUT2D eigenvalue weighted by atomic mass is 10.2. The standard InChI is InChI=1S/C21H19N3O4/c22-10-4-13-24(15-19-5-3-14-27-19)20(25)16-28-21(26)17-6-8-18(9-7-17)23-11-1-2-12-23/h1-3,5-9,11-12,14H,4,13,15-16H2. The van der Waals surface area contributed by atoms with E-state index in [1.807, 2.05) is 35.2 Å². The summed E-state index contributed by atoms with van der Waals surface area (Å²) in [5.41, 5.74) is 1.28. The summed E-state index contributed by atoms with van der Waals surface area (Å²) in [6.07, 6.45) is 5.50. The highest BCUT2D eigenvalue weighted by atomic mass is 16.5. The number of benzene rings is 1. The number of aromatic nitrogens is 1. The summed E-state index contributed by atoms with van der Waals surface area (Å²) in [6, 6.07) is 16.2. The third-order valence-electron chi connectivity index (χ3n) is 4.11. The molecule has 0 saturated heterocycles. The van der Waals surface area contributed by atoms with Crippen molar-refractivity contribution in [3.63, 3.8) is 0 Å². The van der Waals surface area contributed by atoms with Crippen LogP contribution in [0.15, 0.2) is 71.6 Å². The zero-order chi connectivity index (χ0) is 19.8. The van der Waals surface area contributed by atoms with E-state index in [0.29, 0.717) is 11.3 Å². The van der Waals surface area contributed by atoms with E-state index in [9.17, 15) is 9.59 Å². The molecule has 0 atom stereocenters. The van der Waals surface area contributed by atoms with E-state index in [2.05, 4.69) is 0 Å². The number of amides is 1. The number of hydrogen-bond acceptors (Lipinski definition) is 5. The fourth-order valence-electron chi connectivity index (χ4n) is 2.65. The second-order valence-corrected chi connectivity index (χ2v) is 6.02. The van der Waals surface area contributed by atoms with Crippen LogP contribution in [0, 0.1) is 11.3 Å². The Balaban J connectivity index is 1.57. The number of ether oxygens (including phenoxy) is 1. The molecule has 0 aliphatic rings. The minimum Gasteiger partial charge on any atom is -0.467 e. The number of carbonyl (C=O) groups is 2. The Morgan fingerprint density at radius 3 is 2.50 bits per heavy atom. The molecule has 28 heavy (non-hydrogen) atoms. The molecule has 0 N–H and O–H groups in total. The van der Waals surface area contributed by atoms with Crippen molar-refractivity contribution in [1.29, 1.82) is 5.26 Å². The van der Waals surface area contributed by atoms with Crippen LogP contribution in [0.2, 0.25) is 0 Å². The van der Waals surface area contributed by atoms with Crippen LogP contribution < -0.4 is 0 Å². The van der Waals surface area contributed by atoms with Crippen molar-refractivity contribution in [2.24, 2.45) is 0 Å². The first-order chi connectivity index (χ1) is 13.7. The van der Waals surface area contributed by atoms with Crippen LogP contribution in [0.3, 0.4) is 0 Å². The molecule has 0 aliphatic heterocycles. The molecule has 1 amide bonds. The second kappa shape index (κ2) is 9.24. The molecular formula is C21H19N3O4. The number of nitriles is 1. The third-order valence-corrected chi connectivity index (χ3v) is 4.11. The van der Waals surface area contributed by atoms with Gasteiger partial charge in [-0.2, -0.15) is 5.26 Å². The molecule has 0 bridgehead atoms. The summed E-state index contributed by atoms with van der Waals surface area (Å²) < 4.78 is 12.3. The van der Waals surface area contributed by atoms with Gasteiger partial charge in [-0.05, 0) is 48.5 Å². The molecule has 142 valence electrons. The van der Waals surface area contributed by atoms with Crippen molar-refractivity contribution < 1.29 is 18.7 Å². The van der Waals surface area contributed by atoms with E-state index in [1.54, 1.807) is 36.4 Å². The summed E-state index contributed by atoms with van der Waals surface area (Å²) in [5, 5.41) is 8.78. The van der Waals surface area contributed by atoms with E-state index in [-0.39, 0.29) is 25.4 Å². The number of hydrogen-bond donors (Lipinski definition) is 0. The zero-order valence-corrected chi connectivity index (χ0v) is 15.2.